The summed E-state index contributed by atoms with van der Waals surface area (Å²) >= 11 is 0. The number of para-hydroxylation sites is 1. The third-order valence-electron chi connectivity index (χ3n) is 4.04. The molecule has 0 saturated carbocycles. The van der Waals surface area contributed by atoms with Gasteiger partial charge in [0.2, 0.25) is 0 Å². The third kappa shape index (κ3) is 5.53. The number of hydrogen-bond acceptors (Lipinski definition) is 4. The predicted molar refractivity (Wildman–Crippen MR) is 102 cm³/mol. The SMILES string of the molecule is C#CCOc1ccccc1CNCC(c1cccc(OC)c1)N(C)C. The number of methoxy groups -OCH3 is 1. The van der Waals surface area contributed by atoms with Crippen LogP contribution in [0.25, 0.3) is 0 Å². The summed E-state index contributed by atoms with van der Waals surface area (Å²) in [5, 5.41) is 3.52. The van der Waals surface area contributed by atoms with Gasteiger partial charge in [-0.15, -0.1) is 6.42 Å². The van der Waals surface area contributed by atoms with Crippen molar-refractivity contribution in [2.24, 2.45) is 0 Å². The van der Waals surface area contributed by atoms with Gasteiger partial charge in [-0.3, -0.25) is 0 Å². The average molecular weight is 338 g/mol. The van der Waals surface area contributed by atoms with Gasteiger partial charge in [0.05, 0.1) is 7.11 Å². The van der Waals surface area contributed by atoms with Gasteiger partial charge in [-0.2, -0.15) is 0 Å². The van der Waals surface area contributed by atoms with Crippen LogP contribution in [0.4, 0.5) is 0 Å². The number of rotatable bonds is 9. The average Bonchev–Trinajstić information content (AvgIpc) is 2.64. The molecule has 2 aromatic carbocycles. The van der Waals surface area contributed by atoms with E-state index in [4.69, 9.17) is 15.9 Å². The first kappa shape index (κ1) is 18.9. The highest BCUT2D eigenvalue weighted by Crippen LogP contribution is 2.23. The summed E-state index contributed by atoms with van der Waals surface area (Å²) in [5.41, 5.74) is 2.31. The molecule has 1 atom stereocenters. The molecular formula is C21H26N2O2. The van der Waals surface area contributed by atoms with Gasteiger partial charge in [0.25, 0.3) is 0 Å². The molecule has 0 bridgehead atoms. The number of ether oxygens (including phenoxy) is 2. The highest BCUT2D eigenvalue weighted by Gasteiger charge is 2.14. The van der Waals surface area contributed by atoms with Crippen LogP contribution in [0.2, 0.25) is 0 Å². The number of terminal acetylenes is 1. The molecule has 0 aliphatic heterocycles. The summed E-state index contributed by atoms with van der Waals surface area (Å²) in [6, 6.07) is 16.4. The number of nitrogens with one attached hydrogen (secondary N) is 1. The zero-order valence-electron chi connectivity index (χ0n) is 15.2. The molecule has 0 aliphatic rings. The molecule has 2 aromatic rings. The van der Waals surface area contributed by atoms with Crippen molar-refractivity contribution in [1.82, 2.24) is 10.2 Å². The van der Waals surface area contributed by atoms with E-state index in [-0.39, 0.29) is 12.6 Å². The molecule has 0 heterocycles. The molecule has 0 aliphatic carbocycles. The molecule has 0 fully saturated rings. The van der Waals surface area contributed by atoms with Gasteiger partial charge in [-0.05, 0) is 37.9 Å². The highest BCUT2D eigenvalue weighted by atomic mass is 16.5. The number of hydrogen-bond donors (Lipinski definition) is 1. The fraction of sp³-hybridized carbons (Fsp3) is 0.333. The Kier molecular flexibility index (Phi) is 7.34. The van der Waals surface area contributed by atoms with E-state index in [0.29, 0.717) is 0 Å². The topological polar surface area (TPSA) is 33.7 Å². The number of likely N-dealkylation sites (N-methyl/N-ethyl adjacent to an activating group) is 1. The maximum atomic E-state index is 5.60. The molecule has 4 heteroatoms. The zero-order valence-corrected chi connectivity index (χ0v) is 15.2. The van der Waals surface area contributed by atoms with Gasteiger partial charge in [0.1, 0.15) is 18.1 Å². The minimum atomic E-state index is 0.244. The van der Waals surface area contributed by atoms with Crippen LogP contribution < -0.4 is 14.8 Å². The lowest BCUT2D eigenvalue weighted by atomic mass is 10.1. The molecule has 0 saturated heterocycles. The van der Waals surface area contributed by atoms with E-state index in [9.17, 15) is 0 Å². The van der Waals surface area contributed by atoms with Gasteiger partial charge in [0.15, 0.2) is 0 Å². The van der Waals surface area contributed by atoms with E-state index in [0.717, 1.165) is 30.2 Å². The van der Waals surface area contributed by atoms with E-state index >= 15 is 0 Å². The Morgan fingerprint density at radius 3 is 2.68 bits per heavy atom. The van der Waals surface area contributed by atoms with Crippen LogP contribution in [0.5, 0.6) is 11.5 Å². The summed E-state index contributed by atoms with van der Waals surface area (Å²) in [6.45, 7) is 1.81. The molecule has 25 heavy (non-hydrogen) atoms. The van der Waals surface area contributed by atoms with Crippen molar-refractivity contribution in [2.45, 2.75) is 12.6 Å². The largest absolute Gasteiger partial charge is 0.497 e. The summed E-state index contributed by atoms with van der Waals surface area (Å²) in [6.07, 6.45) is 5.28. The molecule has 1 unspecified atom stereocenters. The van der Waals surface area contributed by atoms with Crippen LogP contribution in [0.15, 0.2) is 48.5 Å². The quantitative estimate of drug-likeness (QED) is 0.713. The van der Waals surface area contributed by atoms with E-state index in [1.165, 1.54) is 5.56 Å². The maximum Gasteiger partial charge on any atom is 0.148 e. The Balaban J connectivity index is 2.02. The van der Waals surface area contributed by atoms with Crippen LogP contribution in [0.1, 0.15) is 17.2 Å². The first-order chi connectivity index (χ1) is 12.2. The Labute approximate surface area is 150 Å². The fourth-order valence-electron chi connectivity index (χ4n) is 2.70. The van der Waals surface area contributed by atoms with Crippen LogP contribution in [0, 0.1) is 12.3 Å². The van der Waals surface area contributed by atoms with E-state index in [1.54, 1.807) is 7.11 Å². The van der Waals surface area contributed by atoms with Gasteiger partial charge < -0.3 is 19.7 Å². The summed E-state index contributed by atoms with van der Waals surface area (Å²) in [7, 11) is 5.85. The molecule has 4 nitrogen and oxygen atoms in total. The van der Waals surface area contributed by atoms with Crippen molar-refractivity contribution in [1.29, 1.82) is 0 Å². The van der Waals surface area contributed by atoms with Crippen LogP contribution in [-0.4, -0.2) is 39.3 Å². The second-order valence-electron chi connectivity index (χ2n) is 5.99. The Morgan fingerprint density at radius 2 is 1.96 bits per heavy atom. The molecule has 0 radical (unpaired) electrons. The molecule has 132 valence electrons. The molecule has 0 amide bonds. The van der Waals surface area contributed by atoms with Crippen molar-refractivity contribution < 1.29 is 9.47 Å². The van der Waals surface area contributed by atoms with Crippen LogP contribution in [-0.2, 0) is 6.54 Å². The van der Waals surface area contributed by atoms with Gasteiger partial charge in [-0.1, -0.05) is 36.3 Å². The fourth-order valence-corrected chi connectivity index (χ4v) is 2.70. The monoisotopic (exact) mass is 338 g/mol. The Morgan fingerprint density at radius 1 is 1.16 bits per heavy atom. The second-order valence-corrected chi connectivity index (χ2v) is 5.99. The summed E-state index contributed by atoms with van der Waals surface area (Å²) in [4.78, 5) is 2.20. The van der Waals surface area contributed by atoms with E-state index < -0.39 is 0 Å². The van der Waals surface area contributed by atoms with Crippen LogP contribution in [0.3, 0.4) is 0 Å². The lowest BCUT2D eigenvalue weighted by molar-refractivity contribution is 0.286. The molecule has 0 aromatic heterocycles. The van der Waals surface area contributed by atoms with Gasteiger partial charge in [0, 0.05) is 24.7 Å². The third-order valence-corrected chi connectivity index (χ3v) is 4.04. The number of nitrogens with zero attached hydrogens (tertiary/aromatic N) is 1. The molecular weight excluding hydrogens is 312 g/mol. The van der Waals surface area contributed by atoms with Crippen molar-refractivity contribution >= 4 is 0 Å². The van der Waals surface area contributed by atoms with Crippen molar-refractivity contribution in [3.8, 4) is 23.8 Å². The van der Waals surface area contributed by atoms with E-state index in [2.05, 4.69) is 48.4 Å². The molecule has 2 rings (SSSR count). The zero-order chi connectivity index (χ0) is 18.1. The molecule has 0 spiro atoms. The first-order valence-corrected chi connectivity index (χ1v) is 8.31. The lowest BCUT2D eigenvalue weighted by Gasteiger charge is -2.25. The second kappa shape index (κ2) is 9.73. The summed E-state index contributed by atoms with van der Waals surface area (Å²) in [5.74, 6) is 4.21. The Bertz CT molecular complexity index is 707. The smallest absolute Gasteiger partial charge is 0.148 e. The maximum absolute atomic E-state index is 5.60. The molecule has 1 N–H and O–H groups in total. The Hall–Kier alpha value is -2.48. The minimum absolute atomic E-state index is 0.244. The predicted octanol–water partition coefficient (Wildman–Crippen LogP) is 3.10. The van der Waals surface area contributed by atoms with E-state index in [1.807, 2.05) is 30.3 Å². The standard InChI is InChI=1S/C21H26N2O2/c1-5-13-25-21-12-7-6-9-18(21)15-22-16-20(23(2)3)17-10-8-11-19(14-17)24-4/h1,6-12,14,20,22H,13,15-16H2,2-4H3. The van der Waals surface area contributed by atoms with Crippen LogP contribution >= 0.6 is 0 Å². The lowest BCUT2D eigenvalue weighted by Crippen LogP contribution is -2.31. The van der Waals surface area contributed by atoms with Crippen molar-refractivity contribution in [3.05, 3.63) is 59.7 Å². The van der Waals surface area contributed by atoms with Gasteiger partial charge in [-0.25, -0.2) is 0 Å². The highest BCUT2D eigenvalue weighted by molar-refractivity contribution is 5.34. The first-order valence-electron chi connectivity index (χ1n) is 8.31. The van der Waals surface area contributed by atoms with Crippen molar-refractivity contribution in [2.75, 3.05) is 34.4 Å². The normalized spacial score (nSPS) is 11.8. The van der Waals surface area contributed by atoms with Gasteiger partial charge >= 0.3 is 0 Å². The van der Waals surface area contributed by atoms with Crippen molar-refractivity contribution in [3.63, 3.8) is 0 Å². The minimum Gasteiger partial charge on any atom is -0.497 e. The number of benzene rings is 2. The summed E-state index contributed by atoms with van der Waals surface area (Å²) < 4.78 is 10.9.